The topological polar surface area (TPSA) is 56.1 Å². The number of piperidine rings is 1. The van der Waals surface area contributed by atoms with Crippen molar-refractivity contribution in [1.29, 1.82) is 5.26 Å². The van der Waals surface area contributed by atoms with Crippen LogP contribution in [0.15, 0.2) is 30.3 Å². The zero-order valence-electron chi connectivity index (χ0n) is 12.4. The molecule has 1 saturated heterocycles. The van der Waals surface area contributed by atoms with Gasteiger partial charge in [0.05, 0.1) is 6.07 Å². The number of amides is 1. The van der Waals surface area contributed by atoms with Gasteiger partial charge in [0.15, 0.2) is 0 Å². The van der Waals surface area contributed by atoms with Crippen molar-refractivity contribution in [1.82, 2.24) is 10.2 Å². The van der Waals surface area contributed by atoms with E-state index >= 15 is 0 Å². The van der Waals surface area contributed by atoms with Gasteiger partial charge >= 0.3 is 0 Å². The summed E-state index contributed by atoms with van der Waals surface area (Å²) in [6, 6.07) is 12.4. The Labute approximate surface area is 126 Å². The summed E-state index contributed by atoms with van der Waals surface area (Å²) in [5.41, 5.74) is 1.07. The Morgan fingerprint density at radius 1 is 1.33 bits per heavy atom. The largest absolute Gasteiger partial charge is 0.325 e. The molecule has 1 heterocycles. The molecule has 21 heavy (non-hydrogen) atoms. The highest BCUT2D eigenvalue weighted by Crippen LogP contribution is 2.13. The van der Waals surface area contributed by atoms with E-state index in [4.69, 9.17) is 5.26 Å². The molecule has 1 unspecified atom stereocenters. The number of carbonyl (C=O) groups is 1. The summed E-state index contributed by atoms with van der Waals surface area (Å²) in [4.78, 5) is 14.0. The molecule has 1 amide bonds. The average Bonchev–Trinajstić information content (AvgIpc) is 2.54. The maximum Gasteiger partial charge on any atom is 0.223 e. The Bertz CT molecular complexity index is 475. The molecule has 4 nitrogen and oxygen atoms in total. The molecule has 0 aliphatic carbocycles. The van der Waals surface area contributed by atoms with Gasteiger partial charge in [-0.25, -0.2) is 0 Å². The predicted octanol–water partition coefficient (Wildman–Crippen LogP) is 2.46. The standard InChI is InChI=1S/C17H23N3O/c18-11-13-20(14-15-6-2-1-3-7-15)17(21)10-9-16-8-4-5-12-19-16/h1-3,6-7,16,19H,4-5,8-10,12-14H2. The first kappa shape index (κ1) is 15.5. The summed E-state index contributed by atoms with van der Waals surface area (Å²) in [5, 5.41) is 12.4. The molecule has 112 valence electrons. The van der Waals surface area contributed by atoms with Crippen molar-refractivity contribution >= 4 is 5.91 Å². The van der Waals surface area contributed by atoms with E-state index in [9.17, 15) is 4.79 Å². The monoisotopic (exact) mass is 285 g/mol. The molecule has 4 heteroatoms. The maximum absolute atomic E-state index is 12.3. The van der Waals surface area contributed by atoms with Crippen molar-refractivity contribution < 1.29 is 4.79 Å². The Balaban J connectivity index is 1.85. The number of nitrogens with zero attached hydrogens (tertiary/aromatic N) is 2. The van der Waals surface area contributed by atoms with Crippen LogP contribution in [0, 0.1) is 11.3 Å². The second kappa shape index (κ2) is 8.43. The zero-order valence-corrected chi connectivity index (χ0v) is 12.4. The number of nitrogens with one attached hydrogen (secondary N) is 1. The van der Waals surface area contributed by atoms with Crippen molar-refractivity contribution in [2.45, 2.75) is 44.7 Å². The molecule has 0 spiro atoms. The molecule has 1 aliphatic rings. The van der Waals surface area contributed by atoms with Gasteiger partial charge in [-0.1, -0.05) is 36.8 Å². The van der Waals surface area contributed by atoms with Crippen molar-refractivity contribution in [3.8, 4) is 6.07 Å². The highest BCUT2D eigenvalue weighted by atomic mass is 16.2. The number of benzene rings is 1. The summed E-state index contributed by atoms with van der Waals surface area (Å²) >= 11 is 0. The second-order valence-corrected chi connectivity index (χ2v) is 5.58. The maximum atomic E-state index is 12.3. The lowest BCUT2D eigenvalue weighted by atomic mass is 10.0. The molecule has 1 N–H and O–H groups in total. The highest BCUT2D eigenvalue weighted by Gasteiger charge is 2.17. The van der Waals surface area contributed by atoms with Crippen molar-refractivity contribution in [2.75, 3.05) is 13.1 Å². The first-order chi connectivity index (χ1) is 10.3. The highest BCUT2D eigenvalue weighted by molar-refractivity contribution is 5.76. The second-order valence-electron chi connectivity index (χ2n) is 5.58. The fourth-order valence-corrected chi connectivity index (χ4v) is 2.75. The van der Waals surface area contributed by atoms with E-state index in [2.05, 4.69) is 11.4 Å². The number of hydrogen-bond donors (Lipinski definition) is 1. The molecule has 1 fully saturated rings. The van der Waals surface area contributed by atoms with Crippen molar-refractivity contribution in [3.63, 3.8) is 0 Å². The Kier molecular flexibility index (Phi) is 6.23. The molecule has 1 aromatic rings. The summed E-state index contributed by atoms with van der Waals surface area (Å²) in [7, 11) is 0. The molecule has 1 aromatic carbocycles. The van der Waals surface area contributed by atoms with Crippen LogP contribution in [0.1, 0.15) is 37.7 Å². The van der Waals surface area contributed by atoms with Crippen LogP contribution in [0.2, 0.25) is 0 Å². The lowest BCUT2D eigenvalue weighted by Gasteiger charge is -2.25. The van der Waals surface area contributed by atoms with Crippen LogP contribution in [0.3, 0.4) is 0 Å². The molecule has 0 bridgehead atoms. The third-order valence-corrected chi connectivity index (χ3v) is 3.95. The molecule has 0 saturated carbocycles. The third-order valence-electron chi connectivity index (χ3n) is 3.95. The smallest absolute Gasteiger partial charge is 0.223 e. The zero-order chi connectivity index (χ0) is 14.9. The Morgan fingerprint density at radius 2 is 2.14 bits per heavy atom. The number of hydrogen-bond acceptors (Lipinski definition) is 3. The van der Waals surface area contributed by atoms with Crippen molar-refractivity contribution in [2.24, 2.45) is 0 Å². The van der Waals surface area contributed by atoms with E-state index in [-0.39, 0.29) is 12.5 Å². The lowest BCUT2D eigenvalue weighted by molar-refractivity contribution is -0.131. The molecule has 0 radical (unpaired) electrons. The summed E-state index contributed by atoms with van der Waals surface area (Å²) in [6.45, 7) is 1.74. The minimum atomic E-state index is 0.0766. The van der Waals surface area contributed by atoms with Gasteiger partial charge in [0.2, 0.25) is 5.91 Å². The third kappa shape index (κ3) is 5.20. The van der Waals surface area contributed by atoms with E-state index in [1.165, 1.54) is 12.8 Å². The summed E-state index contributed by atoms with van der Waals surface area (Å²) in [5.74, 6) is 0.0766. The predicted molar refractivity (Wildman–Crippen MR) is 82.3 cm³/mol. The van der Waals surface area contributed by atoms with Crippen molar-refractivity contribution in [3.05, 3.63) is 35.9 Å². The molecular weight excluding hydrogens is 262 g/mol. The number of carbonyl (C=O) groups excluding carboxylic acids is 1. The van der Waals surface area contributed by atoms with Gasteiger partial charge in [-0.3, -0.25) is 4.79 Å². The van der Waals surface area contributed by atoms with Gasteiger partial charge in [0.1, 0.15) is 6.54 Å². The van der Waals surface area contributed by atoms with Gasteiger partial charge < -0.3 is 10.2 Å². The molecule has 2 rings (SSSR count). The van der Waals surface area contributed by atoms with Gasteiger partial charge in [0, 0.05) is 19.0 Å². The minimum Gasteiger partial charge on any atom is -0.325 e. The van der Waals surface area contributed by atoms with Crippen LogP contribution in [0.4, 0.5) is 0 Å². The molecule has 1 atom stereocenters. The van der Waals surface area contributed by atoms with E-state index in [1.54, 1.807) is 4.90 Å². The SMILES string of the molecule is N#CCN(Cc1ccccc1)C(=O)CCC1CCCCN1. The summed E-state index contributed by atoms with van der Waals surface area (Å²) in [6.07, 6.45) is 5.03. The lowest BCUT2D eigenvalue weighted by Crippen LogP contribution is -2.36. The van der Waals surface area contributed by atoms with E-state index < -0.39 is 0 Å². The van der Waals surface area contributed by atoms with Crippen LogP contribution in [-0.4, -0.2) is 29.9 Å². The van der Waals surface area contributed by atoms with Gasteiger partial charge in [-0.2, -0.15) is 5.26 Å². The van der Waals surface area contributed by atoms with Gasteiger partial charge in [-0.15, -0.1) is 0 Å². The van der Waals surface area contributed by atoms with Crippen LogP contribution in [0.5, 0.6) is 0 Å². The summed E-state index contributed by atoms with van der Waals surface area (Å²) < 4.78 is 0. The number of nitriles is 1. The first-order valence-corrected chi connectivity index (χ1v) is 7.71. The number of rotatable bonds is 6. The average molecular weight is 285 g/mol. The van der Waals surface area contributed by atoms with Crippen LogP contribution in [-0.2, 0) is 11.3 Å². The van der Waals surface area contributed by atoms with E-state index in [0.29, 0.717) is 19.0 Å². The molecular formula is C17H23N3O. The van der Waals surface area contributed by atoms with E-state index in [1.807, 2.05) is 30.3 Å². The van der Waals surface area contributed by atoms with Crippen LogP contribution in [0.25, 0.3) is 0 Å². The molecule has 1 aliphatic heterocycles. The van der Waals surface area contributed by atoms with Crippen LogP contribution >= 0.6 is 0 Å². The van der Waals surface area contributed by atoms with Gasteiger partial charge in [0.25, 0.3) is 0 Å². The van der Waals surface area contributed by atoms with Crippen LogP contribution < -0.4 is 5.32 Å². The normalized spacial score (nSPS) is 18.0. The van der Waals surface area contributed by atoms with Gasteiger partial charge in [-0.05, 0) is 31.4 Å². The minimum absolute atomic E-state index is 0.0766. The first-order valence-electron chi connectivity index (χ1n) is 7.71. The Morgan fingerprint density at radius 3 is 2.81 bits per heavy atom. The molecule has 0 aromatic heterocycles. The quantitative estimate of drug-likeness (QED) is 0.817. The fraction of sp³-hybridized carbons (Fsp3) is 0.529. The van der Waals surface area contributed by atoms with E-state index in [0.717, 1.165) is 24.9 Å². The Hall–Kier alpha value is -1.86. The fourth-order valence-electron chi connectivity index (χ4n) is 2.75.